The molecule has 2 bridgehead atoms. The van der Waals surface area contributed by atoms with E-state index in [2.05, 4.69) is 0 Å². The lowest BCUT2D eigenvalue weighted by atomic mass is 10.0. The molecule has 1 fully saturated rings. The highest BCUT2D eigenvalue weighted by Crippen LogP contribution is 2.43. The van der Waals surface area contributed by atoms with Crippen molar-refractivity contribution in [2.24, 2.45) is 0 Å². The number of carbonyl (C=O) groups excluding carboxylic acids is 2. The van der Waals surface area contributed by atoms with Gasteiger partial charge in [-0.25, -0.2) is 18.2 Å². The Bertz CT molecular complexity index is 749. The first-order chi connectivity index (χ1) is 10.3. The highest BCUT2D eigenvalue weighted by Gasteiger charge is 2.50. The van der Waals surface area contributed by atoms with Crippen LogP contribution in [0.5, 0.6) is 0 Å². The molecule has 2 aliphatic heterocycles. The maximum atomic E-state index is 12.3. The fourth-order valence-electron chi connectivity index (χ4n) is 2.64. The fraction of sp³-hybridized carbons (Fsp3) is 0.333. The molecule has 1 aromatic rings. The molecule has 0 radical (unpaired) electrons. The lowest BCUT2D eigenvalue weighted by Gasteiger charge is -2.34. The number of benzene rings is 1. The van der Waals surface area contributed by atoms with Crippen LogP contribution in [0.25, 0.3) is 0 Å². The van der Waals surface area contributed by atoms with Gasteiger partial charge in [0.05, 0.1) is 24.5 Å². The molecule has 2 heterocycles. The van der Waals surface area contributed by atoms with Crippen LogP contribution in [-0.4, -0.2) is 49.9 Å². The summed E-state index contributed by atoms with van der Waals surface area (Å²) in [6.45, 7) is -0.743. The van der Waals surface area contributed by atoms with E-state index < -0.39 is 34.7 Å². The second-order valence-electron chi connectivity index (χ2n) is 4.92. The molecular weight excluding hydrogens is 314 g/mol. The number of sulfonamides is 1. The zero-order valence-corrected chi connectivity index (χ0v) is 12.3. The van der Waals surface area contributed by atoms with E-state index in [0.717, 1.165) is 20.7 Å². The molecule has 0 aliphatic carbocycles. The van der Waals surface area contributed by atoms with Crippen molar-refractivity contribution < 1.29 is 28.0 Å². The summed E-state index contributed by atoms with van der Waals surface area (Å²) in [5.41, 5.74) is 0.905. The van der Waals surface area contributed by atoms with E-state index >= 15 is 0 Å². The molecule has 0 spiro atoms. The van der Waals surface area contributed by atoms with Gasteiger partial charge in [-0.1, -0.05) is 18.2 Å². The molecule has 2 amide bonds. The maximum absolute atomic E-state index is 12.3. The van der Waals surface area contributed by atoms with Crippen molar-refractivity contribution in [3.63, 3.8) is 0 Å². The Hall–Kier alpha value is -2.33. The lowest BCUT2D eigenvalue weighted by molar-refractivity contribution is -0.316. The summed E-state index contributed by atoms with van der Waals surface area (Å²) >= 11 is 0. The van der Waals surface area contributed by atoms with E-state index in [1.165, 1.54) is 0 Å². The van der Waals surface area contributed by atoms with E-state index in [1.54, 1.807) is 24.3 Å². The third-order valence-corrected chi connectivity index (χ3v) is 4.42. The minimum absolute atomic E-state index is 0.0516. The van der Waals surface area contributed by atoms with E-state index in [9.17, 15) is 23.1 Å². The van der Waals surface area contributed by atoms with Crippen molar-refractivity contribution in [2.75, 3.05) is 23.8 Å². The standard InChI is InChI=1S/C12H13N3O6S/c1-22(19,20)15-9-5-3-2-4-8(9)10-6-13(15)12(18)14(10)21-7-11(16)17/h2-5,10H,6-7H2,1H3,(H,16,17)/p-1. The van der Waals surface area contributed by atoms with Crippen LogP contribution in [0, 0.1) is 0 Å². The Morgan fingerprint density at radius 2 is 2.09 bits per heavy atom. The van der Waals surface area contributed by atoms with Crippen LogP contribution >= 0.6 is 0 Å². The number of carboxylic acid groups (broad SMARTS) is 1. The molecule has 3 rings (SSSR count). The quantitative estimate of drug-likeness (QED) is 0.690. The van der Waals surface area contributed by atoms with Gasteiger partial charge in [0.2, 0.25) is 10.0 Å². The number of aliphatic carboxylic acids is 1. The smallest absolute Gasteiger partial charge is 0.364 e. The second-order valence-corrected chi connectivity index (χ2v) is 6.73. The van der Waals surface area contributed by atoms with Crippen LogP contribution < -0.4 is 9.52 Å². The molecule has 22 heavy (non-hydrogen) atoms. The number of anilines is 1. The number of hydrogen-bond acceptors (Lipinski definition) is 6. The molecule has 0 aromatic heterocycles. The van der Waals surface area contributed by atoms with Gasteiger partial charge in [-0.2, -0.15) is 9.48 Å². The van der Waals surface area contributed by atoms with Crippen molar-refractivity contribution >= 4 is 27.7 Å². The average Bonchev–Trinajstić information content (AvgIpc) is 2.69. The number of fused-ring (bicyclic) bond motifs is 4. The Labute approximate surface area is 126 Å². The van der Waals surface area contributed by atoms with Gasteiger partial charge in [0, 0.05) is 5.56 Å². The summed E-state index contributed by atoms with van der Waals surface area (Å²) in [5.74, 6) is -1.47. The third kappa shape index (κ3) is 2.16. The van der Waals surface area contributed by atoms with Gasteiger partial charge < -0.3 is 9.90 Å². The summed E-state index contributed by atoms with van der Waals surface area (Å²) in [5, 5.41) is 12.4. The summed E-state index contributed by atoms with van der Waals surface area (Å²) in [6, 6.07) is 5.28. The van der Waals surface area contributed by atoms with Crippen LogP contribution in [0.3, 0.4) is 0 Å². The van der Waals surface area contributed by atoms with Crippen molar-refractivity contribution in [3.8, 4) is 0 Å². The first kappa shape index (κ1) is 14.6. The molecule has 118 valence electrons. The monoisotopic (exact) mass is 326 g/mol. The first-order valence-electron chi connectivity index (χ1n) is 6.33. The summed E-state index contributed by atoms with van der Waals surface area (Å²) in [6.07, 6.45) is 0.988. The number of hydroxylamine groups is 2. The normalized spacial score (nSPS) is 20.3. The Morgan fingerprint density at radius 1 is 1.41 bits per heavy atom. The minimum atomic E-state index is -3.73. The number of carbonyl (C=O) groups is 2. The molecule has 1 atom stereocenters. The molecule has 1 unspecified atom stereocenters. The van der Waals surface area contributed by atoms with Crippen molar-refractivity contribution in [1.29, 1.82) is 0 Å². The van der Waals surface area contributed by atoms with Gasteiger partial charge in [-0.05, 0) is 6.07 Å². The predicted octanol–water partition coefficient (Wildman–Crippen LogP) is -1.16. The number of urea groups is 1. The minimum Gasteiger partial charge on any atom is -0.548 e. The van der Waals surface area contributed by atoms with Crippen LogP contribution in [0.15, 0.2) is 24.3 Å². The number of hydrogen-bond donors (Lipinski definition) is 0. The average molecular weight is 326 g/mol. The van der Waals surface area contributed by atoms with Gasteiger partial charge in [-0.3, -0.25) is 4.84 Å². The van der Waals surface area contributed by atoms with Gasteiger partial charge >= 0.3 is 6.03 Å². The lowest BCUT2D eigenvalue weighted by Crippen LogP contribution is -2.49. The van der Waals surface area contributed by atoms with Crippen LogP contribution in [-0.2, 0) is 19.7 Å². The Balaban J connectivity index is 2.07. The zero-order valence-electron chi connectivity index (χ0n) is 11.5. The van der Waals surface area contributed by atoms with Crippen molar-refractivity contribution in [3.05, 3.63) is 29.8 Å². The summed E-state index contributed by atoms with van der Waals surface area (Å²) in [4.78, 5) is 27.8. The predicted molar refractivity (Wildman–Crippen MR) is 71.4 cm³/mol. The summed E-state index contributed by atoms with van der Waals surface area (Å²) < 4.78 is 25.0. The molecule has 1 aromatic carbocycles. The third-order valence-electron chi connectivity index (χ3n) is 3.40. The number of rotatable bonds is 4. The van der Waals surface area contributed by atoms with Gasteiger partial charge in [0.1, 0.15) is 12.6 Å². The zero-order chi connectivity index (χ0) is 16.1. The molecular formula is C12H12N3O6S-. The van der Waals surface area contributed by atoms with Crippen LogP contribution in [0.1, 0.15) is 11.6 Å². The van der Waals surface area contributed by atoms with Gasteiger partial charge in [-0.15, -0.1) is 0 Å². The number of para-hydroxylation sites is 1. The molecule has 0 N–H and O–H groups in total. The van der Waals surface area contributed by atoms with E-state index in [-0.39, 0.29) is 6.54 Å². The number of nitrogens with zero attached hydrogens (tertiary/aromatic N) is 3. The number of carboxylic acids is 1. The SMILES string of the molecule is CS(=O)(=O)N1c2ccccc2C2CN1C(=O)N2OCC(=O)[O-]. The van der Waals surface area contributed by atoms with Gasteiger partial charge in [0.25, 0.3) is 0 Å². The van der Waals surface area contributed by atoms with Crippen molar-refractivity contribution in [1.82, 2.24) is 10.1 Å². The van der Waals surface area contributed by atoms with E-state index in [4.69, 9.17) is 4.84 Å². The van der Waals surface area contributed by atoms with Crippen LogP contribution in [0.4, 0.5) is 10.5 Å². The fourth-order valence-corrected chi connectivity index (χ4v) is 3.66. The maximum Gasteiger partial charge on any atom is 0.364 e. The van der Waals surface area contributed by atoms with E-state index in [1.807, 2.05) is 0 Å². The van der Waals surface area contributed by atoms with Gasteiger partial charge in [0.15, 0.2) is 0 Å². The van der Waals surface area contributed by atoms with Crippen LogP contribution in [0.2, 0.25) is 0 Å². The van der Waals surface area contributed by atoms with Crippen molar-refractivity contribution in [2.45, 2.75) is 6.04 Å². The number of hydrazine groups is 1. The molecule has 0 saturated carbocycles. The molecule has 1 saturated heterocycles. The Kier molecular flexibility index (Phi) is 3.22. The topological polar surface area (TPSA) is 110 Å². The van der Waals surface area contributed by atoms with E-state index in [0.29, 0.717) is 11.3 Å². The Morgan fingerprint density at radius 3 is 2.73 bits per heavy atom. The molecule has 9 nitrogen and oxygen atoms in total. The molecule has 10 heteroatoms. The second kappa shape index (κ2) is 4.85. The summed E-state index contributed by atoms with van der Waals surface area (Å²) in [7, 11) is -3.73. The first-order valence-corrected chi connectivity index (χ1v) is 8.18. The highest BCUT2D eigenvalue weighted by atomic mass is 32.2. The number of amides is 2. The highest BCUT2D eigenvalue weighted by molar-refractivity contribution is 7.92. The largest absolute Gasteiger partial charge is 0.548 e. The molecule has 2 aliphatic rings.